The standard InChI is InChI=1S/C54H84I2O8/c1-7-13-19-25-31-57-49-37-43(38-50(58-32-26-20-14-8-2)53(49)61-35-29-23-17-11-5)63-47-41-46(56)48(42-45(47)55)64-44-39-51(59-33-27-21-15-9-3)54(62-36-30-24-18-12-6)52(40-44)60-34-28-22-16-10-4/h37-42H,7-36H2,1-6H3. The molecule has 0 saturated carbocycles. The molecule has 0 aliphatic carbocycles. The van der Waals surface area contributed by atoms with Gasteiger partial charge in [-0.15, -0.1) is 0 Å². The molecule has 3 rings (SSSR count). The average molecular weight is 1120 g/mol. The molecule has 8 nitrogen and oxygen atoms in total. The molecule has 0 spiro atoms. The summed E-state index contributed by atoms with van der Waals surface area (Å²) >= 11 is 4.67. The minimum Gasteiger partial charge on any atom is -0.489 e. The summed E-state index contributed by atoms with van der Waals surface area (Å²) in [6, 6.07) is 11.9. The monoisotopic (exact) mass is 1110 g/mol. The third-order valence-corrected chi connectivity index (χ3v) is 12.6. The minimum absolute atomic E-state index is 0.607. The largest absolute Gasteiger partial charge is 0.489 e. The van der Waals surface area contributed by atoms with Gasteiger partial charge in [-0.25, -0.2) is 0 Å². The van der Waals surface area contributed by atoms with E-state index in [1.807, 2.05) is 36.4 Å². The molecule has 0 unspecified atom stereocenters. The van der Waals surface area contributed by atoms with Crippen molar-refractivity contribution in [2.45, 2.75) is 196 Å². The van der Waals surface area contributed by atoms with Crippen molar-refractivity contribution in [2.75, 3.05) is 39.6 Å². The van der Waals surface area contributed by atoms with E-state index in [0.29, 0.717) is 97.1 Å². The number of hydrogen-bond donors (Lipinski definition) is 0. The molecule has 0 aliphatic rings. The van der Waals surface area contributed by atoms with Crippen molar-refractivity contribution in [1.29, 1.82) is 0 Å². The van der Waals surface area contributed by atoms with Crippen LogP contribution in [-0.2, 0) is 0 Å². The summed E-state index contributed by atoms with van der Waals surface area (Å²) in [6.07, 6.45) is 26.9. The van der Waals surface area contributed by atoms with Crippen LogP contribution in [0.5, 0.6) is 57.5 Å². The molecule has 0 N–H and O–H groups in total. The van der Waals surface area contributed by atoms with Gasteiger partial charge in [-0.05, 0) is 95.8 Å². The summed E-state index contributed by atoms with van der Waals surface area (Å²) in [4.78, 5) is 0. The lowest BCUT2D eigenvalue weighted by Gasteiger charge is -2.20. The Labute approximate surface area is 416 Å². The smallest absolute Gasteiger partial charge is 0.203 e. The summed E-state index contributed by atoms with van der Waals surface area (Å²) in [5, 5.41) is 0. The second-order valence-electron chi connectivity index (χ2n) is 16.9. The van der Waals surface area contributed by atoms with Crippen LogP contribution in [0, 0.1) is 7.14 Å². The zero-order chi connectivity index (χ0) is 46.0. The summed E-state index contributed by atoms with van der Waals surface area (Å²) < 4.78 is 54.1. The first-order valence-corrected chi connectivity index (χ1v) is 27.5. The van der Waals surface area contributed by atoms with E-state index in [2.05, 4.69) is 86.7 Å². The zero-order valence-electron chi connectivity index (χ0n) is 40.7. The molecule has 10 heteroatoms. The van der Waals surface area contributed by atoms with E-state index in [-0.39, 0.29) is 0 Å². The molecule has 0 aliphatic heterocycles. The van der Waals surface area contributed by atoms with Crippen molar-refractivity contribution in [2.24, 2.45) is 0 Å². The molecule has 362 valence electrons. The Kier molecular flexibility index (Phi) is 31.1. The fraction of sp³-hybridized carbons (Fsp3) is 0.667. The zero-order valence-corrected chi connectivity index (χ0v) is 45.0. The highest BCUT2D eigenvalue weighted by Gasteiger charge is 2.21. The van der Waals surface area contributed by atoms with Gasteiger partial charge < -0.3 is 37.9 Å². The first kappa shape index (κ1) is 55.8. The molecule has 0 aromatic heterocycles. The van der Waals surface area contributed by atoms with E-state index in [9.17, 15) is 0 Å². The highest BCUT2D eigenvalue weighted by molar-refractivity contribution is 14.1. The Hall–Kier alpha value is -2.48. The molecule has 64 heavy (non-hydrogen) atoms. The summed E-state index contributed by atoms with van der Waals surface area (Å²) in [6.45, 7) is 17.0. The maximum Gasteiger partial charge on any atom is 0.203 e. The van der Waals surface area contributed by atoms with Gasteiger partial charge in [-0.1, -0.05) is 157 Å². The van der Waals surface area contributed by atoms with E-state index in [1.54, 1.807) is 0 Å². The Bertz CT molecular complexity index is 1480. The fourth-order valence-corrected chi connectivity index (χ4v) is 8.20. The number of halogens is 2. The normalized spacial score (nSPS) is 11.1. The SMILES string of the molecule is CCCCCCOc1cc(Oc2cc(I)c(Oc3cc(OCCCCCC)c(OCCCCCC)c(OCCCCCC)c3)cc2I)cc(OCCCCCC)c1OCCCCCC. The Morgan fingerprint density at radius 3 is 0.750 bits per heavy atom. The first-order valence-electron chi connectivity index (χ1n) is 25.4. The van der Waals surface area contributed by atoms with Gasteiger partial charge in [0.25, 0.3) is 0 Å². The highest BCUT2D eigenvalue weighted by atomic mass is 127. The predicted molar refractivity (Wildman–Crippen MR) is 283 cm³/mol. The van der Waals surface area contributed by atoms with Crippen LogP contribution in [0.25, 0.3) is 0 Å². The van der Waals surface area contributed by atoms with Gasteiger partial charge in [0.05, 0.1) is 46.8 Å². The second-order valence-corrected chi connectivity index (χ2v) is 19.2. The Balaban J connectivity index is 1.96. The van der Waals surface area contributed by atoms with Gasteiger partial charge in [0, 0.05) is 24.3 Å². The molecule has 0 radical (unpaired) electrons. The summed E-state index contributed by atoms with van der Waals surface area (Å²) in [5.74, 6) is 6.71. The summed E-state index contributed by atoms with van der Waals surface area (Å²) in [7, 11) is 0. The summed E-state index contributed by atoms with van der Waals surface area (Å²) in [5.41, 5.74) is 0. The van der Waals surface area contributed by atoms with Crippen LogP contribution in [0.15, 0.2) is 36.4 Å². The molecule has 0 heterocycles. The first-order chi connectivity index (χ1) is 31.4. The minimum atomic E-state index is 0.607. The molecule has 3 aromatic rings. The number of ether oxygens (including phenoxy) is 8. The van der Waals surface area contributed by atoms with Gasteiger partial charge in [0.2, 0.25) is 11.5 Å². The Morgan fingerprint density at radius 2 is 0.516 bits per heavy atom. The van der Waals surface area contributed by atoms with E-state index < -0.39 is 0 Å². The third-order valence-electron chi connectivity index (χ3n) is 10.9. The molecule has 0 bridgehead atoms. The van der Waals surface area contributed by atoms with Crippen LogP contribution < -0.4 is 37.9 Å². The van der Waals surface area contributed by atoms with Crippen LogP contribution in [0.2, 0.25) is 0 Å². The molecular weight excluding hydrogens is 1030 g/mol. The van der Waals surface area contributed by atoms with E-state index in [4.69, 9.17) is 37.9 Å². The third kappa shape index (κ3) is 22.3. The van der Waals surface area contributed by atoms with Crippen molar-refractivity contribution >= 4 is 45.2 Å². The van der Waals surface area contributed by atoms with Gasteiger partial charge in [-0.3, -0.25) is 0 Å². The fourth-order valence-electron chi connectivity index (χ4n) is 7.11. The quantitative estimate of drug-likeness (QED) is 0.0412. The lowest BCUT2D eigenvalue weighted by molar-refractivity contribution is 0.233. The van der Waals surface area contributed by atoms with Crippen LogP contribution in [0.1, 0.15) is 196 Å². The van der Waals surface area contributed by atoms with Crippen molar-refractivity contribution in [3.05, 3.63) is 43.5 Å². The van der Waals surface area contributed by atoms with Crippen molar-refractivity contribution in [3.63, 3.8) is 0 Å². The van der Waals surface area contributed by atoms with Crippen molar-refractivity contribution in [3.8, 4) is 57.5 Å². The van der Waals surface area contributed by atoms with E-state index in [1.165, 1.54) is 77.0 Å². The lowest BCUT2D eigenvalue weighted by atomic mass is 10.2. The maximum atomic E-state index is 6.70. The Morgan fingerprint density at radius 1 is 0.281 bits per heavy atom. The second kappa shape index (κ2) is 35.7. The van der Waals surface area contributed by atoms with Crippen LogP contribution in [-0.4, -0.2) is 39.6 Å². The van der Waals surface area contributed by atoms with Crippen LogP contribution in [0.4, 0.5) is 0 Å². The predicted octanol–water partition coefficient (Wildman–Crippen LogP) is 18.2. The average Bonchev–Trinajstić information content (AvgIpc) is 3.28. The molecule has 0 fully saturated rings. The molecule has 0 saturated heterocycles. The lowest BCUT2D eigenvalue weighted by Crippen LogP contribution is -2.07. The van der Waals surface area contributed by atoms with Gasteiger partial charge in [0.1, 0.15) is 23.0 Å². The number of benzene rings is 3. The van der Waals surface area contributed by atoms with E-state index >= 15 is 0 Å². The number of unbranched alkanes of at least 4 members (excludes halogenated alkanes) is 18. The van der Waals surface area contributed by atoms with Gasteiger partial charge in [0.15, 0.2) is 23.0 Å². The topological polar surface area (TPSA) is 73.8 Å². The highest BCUT2D eigenvalue weighted by Crippen LogP contribution is 2.46. The van der Waals surface area contributed by atoms with Crippen molar-refractivity contribution in [1.82, 2.24) is 0 Å². The molecule has 3 aromatic carbocycles. The van der Waals surface area contributed by atoms with Crippen LogP contribution >= 0.6 is 45.2 Å². The molecular formula is C54H84I2O8. The molecule has 0 amide bonds. The maximum absolute atomic E-state index is 6.70. The van der Waals surface area contributed by atoms with Crippen LogP contribution in [0.3, 0.4) is 0 Å². The van der Waals surface area contributed by atoms with Gasteiger partial charge >= 0.3 is 0 Å². The molecule has 0 atom stereocenters. The number of rotatable bonds is 40. The van der Waals surface area contributed by atoms with E-state index in [0.717, 1.165) is 84.2 Å². The van der Waals surface area contributed by atoms with Gasteiger partial charge in [-0.2, -0.15) is 0 Å². The van der Waals surface area contributed by atoms with Crippen molar-refractivity contribution < 1.29 is 37.9 Å². The number of hydrogen-bond acceptors (Lipinski definition) is 8.